The van der Waals surface area contributed by atoms with E-state index in [0.717, 1.165) is 4.47 Å². The summed E-state index contributed by atoms with van der Waals surface area (Å²) in [6.45, 7) is -0.316. The number of carbonyl (C=O) groups excluding carboxylic acids is 2. The number of hydrogen-bond acceptors (Lipinski definition) is 4. The number of urea groups is 1. The first kappa shape index (κ1) is 18.7. The summed E-state index contributed by atoms with van der Waals surface area (Å²) >= 11 is 3.27. The monoisotopic (exact) mass is 426 g/mol. The topological polar surface area (TPSA) is 130 Å². The molecule has 0 saturated carbocycles. The minimum absolute atomic E-state index is 0.0175. The Balaban J connectivity index is 2.12. The van der Waals surface area contributed by atoms with Crippen LogP contribution < -0.4 is 21.1 Å². The molecule has 0 spiro atoms. The summed E-state index contributed by atoms with van der Waals surface area (Å²) in [5.74, 6) is -0.533. The van der Waals surface area contributed by atoms with Crippen molar-refractivity contribution >= 4 is 49.3 Å². The second kappa shape index (κ2) is 7.99. The number of hydrogen-bond donors (Lipinski definition) is 4. The van der Waals surface area contributed by atoms with E-state index in [1.165, 1.54) is 24.3 Å². The van der Waals surface area contributed by atoms with Crippen LogP contribution in [-0.2, 0) is 14.8 Å². The Morgan fingerprint density at radius 1 is 1.04 bits per heavy atom. The Bertz CT molecular complexity index is 885. The predicted octanol–water partition coefficient (Wildman–Crippen LogP) is 1.86. The lowest BCUT2D eigenvalue weighted by molar-refractivity contribution is -0.115. The van der Waals surface area contributed by atoms with Crippen molar-refractivity contribution in [1.82, 2.24) is 5.32 Å². The molecule has 0 fully saturated rings. The van der Waals surface area contributed by atoms with E-state index in [1.807, 2.05) is 0 Å². The molecule has 0 radical (unpaired) electrons. The van der Waals surface area contributed by atoms with E-state index in [4.69, 9.17) is 5.73 Å². The summed E-state index contributed by atoms with van der Waals surface area (Å²) in [6, 6.07) is 11.5. The number of rotatable bonds is 6. The number of nitrogens with two attached hydrogens (primary N) is 1. The molecule has 5 N–H and O–H groups in total. The average Bonchev–Trinajstić information content (AvgIpc) is 2.55. The maximum Gasteiger partial charge on any atom is 0.312 e. The lowest BCUT2D eigenvalue weighted by Crippen LogP contribution is -2.36. The molecule has 3 amide bonds. The van der Waals surface area contributed by atoms with Gasteiger partial charge in [-0.05, 0) is 42.5 Å². The molecule has 0 saturated heterocycles. The highest BCUT2D eigenvalue weighted by atomic mass is 79.9. The molecule has 0 heterocycles. The smallest absolute Gasteiger partial charge is 0.312 e. The second-order valence-electron chi connectivity index (χ2n) is 4.91. The summed E-state index contributed by atoms with van der Waals surface area (Å²) in [5.41, 5.74) is 5.56. The van der Waals surface area contributed by atoms with E-state index in [-0.39, 0.29) is 17.1 Å². The van der Waals surface area contributed by atoms with E-state index in [9.17, 15) is 18.0 Å². The third-order valence-electron chi connectivity index (χ3n) is 2.95. The van der Waals surface area contributed by atoms with Crippen LogP contribution in [0.15, 0.2) is 57.9 Å². The first-order valence-corrected chi connectivity index (χ1v) is 9.25. The van der Waals surface area contributed by atoms with Crippen molar-refractivity contribution in [2.75, 3.05) is 16.6 Å². The van der Waals surface area contributed by atoms with Crippen LogP contribution in [0, 0.1) is 0 Å². The van der Waals surface area contributed by atoms with Crippen LogP contribution >= 0.6 is 15.9 Å². The predicted molar refractivity (Wildman–Crippen MR) is 97.6 cm³/mol. The van der Waals surface area contributed by atoms with E-state index in [1.54, 1.807) is 24.3 Å². The number of amides is 3. The Hall–Kier alpha value is -2.59. The van der Waals surface area contributed by atoms with Crippen molar-refractivity contribution < 1.29 is 18.0 Å². The molecule has 2 aromatic carbocycles. The molecule has 2 aromatic rings. The van der Waals surface area contributed by atoms with Crippen LogP contribution in [0.1, 0.15) is 0 Å². The number of sulfonamides is 1. The Morgan fingerprint density at radius 3 is 2.36 bits per heavy atom. The molecule has 10 heteroatoms. The van der Waals surface area contributed by atoms with Crippen LogP contribution in [0.4, 0.5) is 16.2 Å². The van der Waals surface area contributed by atoms with E-state index >= 15 is 0 Å². The summed E-state index contributed by atoms with van der Waals surface area (Å²) in [7, 11) is -3.82. The van der Waals surface area contributed by atoms with Gasteiger partial charge in [-0.1, -0.05) is 22.0 Å². The number of benzene rings is 2. The summed E-state index contributed by atoms with van der Waals surface area (Å²) in [5, 5.41) is 4.61. The lowest BCUT2D eigenvalue weighted by atomic mass is 10.3. The van der Waals surface area contributed by atoms with Crippen molar-refractivity contribution in [1.29, 1.82) is 0 Å². The van der Waals surface area contributed by atoms with Gasteiger partial charge in [-0.15, -0.1) is 0 Å². The van der Waals surface area contributed by atoms with Gasteiger partial charge in [-0.2, -0.15) is 0 Å². The van der Waals surface area contributed by atoms with Crippen molar-refractivity contribution in [3.63, 3.8) is 0 Å². The maximum atomic E-state index is 12.4. The number of nitrogens with one attached hydrogen (secondary N) is 3. The zero-order chi connectivity index (χ0) is 18.4. The molecule has 0 unspecified atom stereocenters. The van der Waals surface area contributed by atoms with E-state index in [0.29, 0.717) is 5.69 Å². The first-order valence-electron chi connectivity index (χ1n) is 6.98. The van der Waals surface area contributed by atoms with Crippen molar-refractivity contribution in [2.24, 2.45) is 5.73 Å². The van der Waals surface area contributed by atoms with Gasteiger partial charge in [0.2, 0.25) is 5.91 Å². The molecule has 0 atom stereocenters. The summed E-state index contributed by atoms with van der Waals surface area (Å²) in [6.07, 6.45) is 0. The normalized spacial score (nSPS) is 10.8. The SMILES string of the molecule is NC(=O)NCC(=O)Nc1cccc(S(=O)(=O)Nc2ccc(Br)cc2)c1. The van der Waals surface area contributed by atoms with Gasteiger partial charge in [-0.25, -0.2) is 13.2 Å². The molecule has 0 aliphatic heterocycles. The first-order chi connectivity index (χ1) is 11.8. The number of halogens is 1. The number of carbonyl (C=O) groups is 2. The average molecular weight is 427 g/mol. The highest BCUT2D eigenvalue weighted by Crippen LogP contribution is 2.20. The van der Waals surface area contributed by atoms with Crippen LogP contribution in [-0.4, -0.2) is 26.9 Å². The Morgan fingerprint density at radius 2 is 1.72 bits per heavy atom. The van der Waals surface area contributed by atoms with Crippen molar-refractivity contribution in [3.05, 3.63) is 53.0 Å². The Labute approximate surface area is 153 Å². The van der Waals surface area contributed by atoms with Crippen LogP contribution in [0.2, 0.25) is 0 Å². The highest BCUT2D eigenvalue weighted by Gasteiger charge is 2.15. The summed E-state index contributed by atoms with van der Waals surface area (Å²) < 4.78 is 28.1. The Kier molecular flexibility index (Phi) is 5.99. The molecular formula is C15H15BrN4O4S. The van der Waals surface area contributed by atoms with Gasteiger partial charge in [0.05, 0.1) is 11.4 Å². The zero-order valence-electron chi connectivity index (χ0n) is 12.8. The zero-order valence-corrected chi connectivity index (χ0v) is 15.2. The fourth-order valence-electron chi connectivity index (χ4n) is 1.85. The molecular weight excluding hydrogens is 412 g/mol. The molecule has 0 aliphatic rings. The largest absolute Gasteiger partial charge is 0.352 e. The van der Waals surface area contributed by atoms with E-state index in [2.05, 4.69) is 31.3 Å². The fraction of sp³-hybridized carbons (Fsp3) is 0.0667. The molecule has 0 aromatic heterocycles. The third-order valence-corrected chi connectivity index (χ3v) is 4.86. The van der Waals surface area contributed by atoms with Gasteiger partial charge < -0.3 is 16.4 Å². The van der Waals surface area contributed by atoms with Gasteiger partial charge in [0.15, 0.2) is 0 Å². The summed E-state index contributed by atoms with van der Waals surface area (Å²) in [4.78, 5) is 22.2. The standard InChI is InChI=1S/C15H15BrN4O4S/c16-10-4-6-11(7-5-10)20-25(23,24)13-3-1-2-12(8-13)19-14(21)9-18-15(17)22/h1-8,20H,9H2,(H,19,21)(H3,17,18,22). The van der Waals surface area contributed by atoms with Crippen LogP contribution in [0.25, 0.3) is 0 Å². The van der Waals surface area contributed by atoms with Gasteiger partial charge in [-0.3, -0.25) is 9.52 Å². The molecule has 132 valence electrons. The lowest BCUT2D eigenvalue weighted by Gasteiger charge is -2.10. The highest BCUT2D eigenvalue weighted by molar-refractivity contribution is 9.10. The maximum absolute atomic E-state index is 12.4. The van der Waals surface area contributed by atoms with Crippen LogP contribution in [0.3, 0.4) is 0 Å². The minimum Gasteiger partial charge on any atom is -0.352 e. The van der Waals surface area contributed by atoms with Crippen molar-refractivity contribution in [3.8, 4) is 0 Å². The molecule has 2 rings (SSSR count). The number of primary amides is 1. The number of anilines is 2. The van der Waals surface area contributed by atoms with E-state index < -0.39 is 22.0 Å². The van der Waals surface area contributed by atoms with Crippen molar-refractivity contribution in [2.45, 2.75) is 4.90 Å². The van der Waals surface area contributed by atoms with Gasteiger partial charge in [0, 0.05) is 15.8 Å². The minimum atomic E-state index is -3.82. The third kappa shape index (κ3) is 5.76. The quantitative estimate of drug-likeness (QED) is 0.561. The second-order valence-corrected chi connectivity index (χ2v) is 7.50. The van der Waals surface area contributed by atoms with Gasteiger partial charge >= 0.3 is 6.03 Å². The molecule has 25 heavy (non-hydrogen) atoms. The fourth-order valence-corrected chi connectivity index (χ4v) is 3.21. The van der Waals surface area contributed by atoms with Gasteiger partial charge in [0.1, 0.15) is 0 Å². The molecule has 0 bridgehead atoms. The molecule has 0 aliphatic carbocycles. The van der Waals surface area contributed by atoms with Gasteiger partial charge in [0.25, 0.3) is 10.0 Å². The molecule has 8 nitrogen and oxygen atoms in total. The van der Waals surface area contributed by atoms with Crippen LogP contribution in [0.5, 0.6) is 0 Å².